The third-order valence-electron chi connectivity index (χ3n) is 2.47. The standard InChI is InChI=1S/C14H18NO5P/c1-3-21(18,20-11-10-19-9-8-16)15-14-6-4-13(5-7-14)12(2)17/h1,4-7,16H,8-11H2,2H3,(H,15,18). The number of rotatable bonds is 9. The van der Waals surface area contributed by atoms with E-state index in [1.54, 1.807) is 24.3 Å². The third kappa shape index (κ3) is 6.11. The maximum atomic E-state index is 12.3. The van der Waals surface area contributed by atoms with Gasteiger partial charge in [0.1, 0.15) is 0 Å². The number of terminal acetylenes is 1. The zero-order valence-corrected chi connectivity index (χ0v) is 12.6. The quantitative estimate of drug-likeness (QED) is 0.314. The van der Waals surface area contributed by atoms with Gasteiger partial charge in [0, 0.05) is 16.9 Å². The van der Waals surface area contributed by atoms with Crippen LogP contribution in [0.5, 0.6) is 0 Å². The molecule has 21 heavy (non-hydrogen) atoms. The van der Waals surface area contributed by atoms with E-state index in [-0.39, 0.29) is 32.2 Å². The van der Waals surface area contributed by atoms with E-state index in [4.69, 9.17) is 20.8 Å². The Morgan fingerprint density at radius 2 is 2.00 bits per heavy atom. The van der Waals surface area contributed by atoms with Crippen molar-refractivity contribution in [2.75, 3.05) is 31.5 Å². The molecule has 0 amide bonds. The predicted molar refractivity (Wildman–Crippen MR) is 80.4 cm³/mol. The van der Waals surface area contributed by atoms with Crippen LogP contribution in [0.15, 0.2) is 24.3 Å². The predicted octanol–water partition coefficient (Wildman–Crippen LogP) is 2.11. The fraction of sp³-hybridized carbons (Fsp3) is 0.357. The molecule has 0 spiro atoms. The van der Waals surface area contributed by atoms with Crippen molar-refractivity contribution in [2.24, 2.45) is 0 Å². The van der Waals surface area contributed by atoms with Gasteiger partial charge in [0.15, 0.2) is 5.78 Å². The van der Waals surface area contributed by atoms with E-state index in [1.807, 2.05) is 0 Å². The zero-order chi connectivity index (χ0) is 15.7. The number of aliphatic hydroxyl groups excluding tert-OH is 1. The molecule has 0 heterocycles. The molecule has 0 aromatic heterocycles. The highest BCUT2D eigenvalue weighted by atomic mass is 31.2. The Labute approximate surface area is 124 Å². The van der Waals surface area contributed by atoms with E-state index >= 15 is 0 Å². The first-order valence-electron chi connectivity index (χ1n) is 6.31. The molecular weight excluding hydrogens is 293 g/mol. The number of Topliss-reactive ketones (excluding diaryl/α,β-unsaturated/α-hetero) is 1. The molecule has 1 aromatic carbocycles. The maximum Gasteiger partial charge on any atom is 0.367 e. The summed E-state index contributed by atoms with van der Waals surface area (Å²) >= 11 is 0. The summed E-state index contributed by atoms with van der Waals surface area (Å²) in [4.78, 5) is 11.2. The van der Waals surface area contributed by atoms with E-state index < -0.39 is 7.52 Å². The summed E-state index contributed by atoms with van der Waals surface area (Å²) < 4.78 is 22.4. The summed E-state index contributed by atoms with van der Waals surface area (Å²) in [5.74, 6) is -0.0565. The zero-order valence-electron chi connectivity index (χ0n) is 11.7. The number of hydrogen-bond acceptors (Lipinski definition) is 5. The van der Waals surface area contributed by atoms with Gasteiger partial charge in [0.25, 0.3) is 0 Å². The van der Waals surface area contributed by atoms with Gasteiger partial charge >= 0.3 is 7.52 Å². The molecule has 114 valence electrons. The number of ketones is 1. The van der Waals surface area contributed by atoms with Crippen LogP contribution in [-0.2, 0) is 13.8 Å². The molecule has 0 aliphatic carbocycles. The Hall–Kier alpha value is -1.64. The van der Waals surface area contributed by atoms with Crippen LogP contribution >= 0.6 is 7.52 Å². The van der Waals surface area contributed by atoms with Crippen LogP contribution in [-0.4, -0.2) is 37.3 Å². The van der Waals surface area contributed by atoms with E-state index in [2.05, 4.69) is 10.7 Å². The van der Waals surface area contributed by atoms with Crippen LogP contribution in [0.1, 0.15) is 17.3 Å². The molecule has 0 saturated carbocycles. The van der Waals surface area contributed by atoms with Gasteiger partial charge < -0.3 is 19.5 Å². The minimum Gasteiger partial charge on any atom is -0.394 e. The van der Waals surface area contributed by atoms with Gasteiger partial charge in [-0.15, -0.1) is 6.42 Å². The number of carbonyl (C=O) groups is 1. The molecule has 0 fully saturated rings. The van der Waals surface area contributed by atoms with Gasteiger partial charge in [0.05, 0.1) is 26.4 Å². The molecule has 0 bridgehead atoms. The first-order chi connectivity index (χ1) is 10.0. The van der Waals surface area contributed by atoms with Gasteiger partial charge in [0.2, 0.25) is 0 Å². The highest BCUT2D eigenvalue weighted by molar-refractivity contribution is 7.65. The van der Waals surface area contributed by atoms with Crippen LogP contribution in [0.3, 0.4) is 0 Å². The van der Waals surface area contributed by atoms with Crippen LogP contribution in [0.25, 0.3) is 0 Å². The lowest BCUT2D eigenvalue weighted by molar-refractivity contribution is 0.0718. The molecule has 0 aliphatic rings. The number of ether oxygens (including phenoxy) is 1. The topological polar surface area (TPSA) is 84.9 Å². The van der Waals surface area contributed by atoms with E-state index in [0.717, 1.165) is 0 Å². The molecule has 2 N–H and O–H groups in total. The summed E-state index contributed by atoms with van der Waals surface area (Å²) in [6.45, 7) is 1.78. The third-order valence-corrected chi connectivity index (χ3v) is 3.91. The van der Waals surface area contributed by atoms with Crippen molar-refractivity contribution in [3.63, 3.8) is 0 Å². The fourth-order valence-corrected chi connectivity index (χ4v) is 2.47. The van der Waals surface area contributed by atoms with Crippen molar-refractivity contribution in [3.8, 4) is 12.1 Å². The van der Waals surface area contributed by atoms with Crippen molar-refractivity contribution >= 4 is 19.0 Å². The summed E-state index contributed by atoms with van der Waals surface area (Å²) in [6, 6.07) is 6.42. The molecule has 0 saturated heterocycles. The Morgan fingerprint density at radius 3 is 2.52 bits per heavy atom. The highest BCUT2D eigenvalue weighted by Gasteiger charge is 2.19. The van der Waals surface area contributed by atoms with E-state index in [9.17, 15) is 9.36 Å². The second kappa shape index (κ2) is 8.60. The lowest BCUT2D eigenvalue weighted by Gasteiger charge is -2.15. The monoisotopic (exact) mass is 311 g/mol. The lowest BCUT2D eigenvalue weighted by Crippen LogP contribution is -2.08. The maximum absolute atomic E-state index is 12.3. The SMILES string of the molecule is C#CP(=O)(Nc1ccc(C(C)=O)cc1)OCCOCCO. The number of nitrogens with one attached hydrogen (secondary N) is 1. The molecule has 0 aliphatic heterocycles. The van der Waals surface area contributed by atoms with Crippen molar-refractivity contribution in [1.82, 2.24) is 0 Å². The average Bonchev–Trinajstić information content (AvgIpc) is 2.47. The van der Waals surface area contributed by atoms with Crippen LogP contribution < -0.4 is 5.09 Å². The molecular formula is C14H18NO5P. The Morgan fingerprint density at radius 1 is 1.33 bits per heavy atom. The first kappa shape index (κ1) is 17.4. The average molecular weight is 311 g/mol. The van der Waals surface area contributed by atoms with Gasteiger partial charge in [-0.25, -0.2) is 0 Å². The van der Waals surface area contributed by atoms with Crippen LogP contribution in [0, 0.1) is 12.1 Å². The summed E-state index contributed by atoms with van der Waals surface area (Å²) in [7, 11) is -3.46. The van der Waals surface area contributed by atoms with Crippen molar-refractivity contribution in [3.05, 3.63) is 29.8 Å². The molecule has 6 nitrogen and oxygen atoms in total. The normalized spacial score (nSPS) is 13.2. The first-order valence-corrected chi connectivity index (χ1v) is 7.93. The fourth-order valence-electron chi connectivity index (χ4n) is 1.44. The van der Waals surface area contributed by atoms with Crippen molar-refractivity contribution < 1.29 is 23.7 Å². The number of hydrogen-bond donors (Lipinski definition) is 2. The largest absolute Gasteiger partial charge is 0.394 e. The van der Waals surface area contributed by atoms with Gasteiger partial charge in [-0.1, -0.05) is 0 Å². The summed E-state index contributed by atoms with van der Waals surface area (Å²) in [5.41, 5.74) is 3.15. The summed E-state index contributed by atoms with van der Waals surface area (Å²) in [5, 5.41) is 11.2. The minimum absolute atomic E-state index is 0.0417. The van der Waals surface area contributed by atoms with E-state index in [1.165, 1.54) is 6.92 Å². The lowest BCUT2D eigenvalue weighted by atomic mass is 10.1. The Balaban J connectivity index is 2.57. The second-order valence-electron chi connectivity index (χ2n) is 4.10. The van der Waals surface area contributed by atoms with Gasteiger partial charge in [-0.05, 0) is 31.2 Å². The van der Waals surface area contributed by atoms with Crippen LogP contribution in [0.2, 0.25) is 0 Å². The van der Waals surface area contributed by atoms with Crippen molar-refractivity contribution in [1.29, 1.82) is 0 Å². The smallest absolute Gasteiger partial charge is 0.367 e. The molecule has 1 atom stereocenters. The molecule has 0 radical (unpaired) electrons. The number of carbonyl (C=O) groups excluding carboxylic acids is 1. The van der Waals surface area contributed by atoms with Gasteiger partial charge in [-0.2, -0.15) is 0 Å². The number of benzene rings is 1. The molecule has 1 aromatic rings. The van der Waals surface area contributed by atoms with E-state index in [0.29, 0.717) is 11.3 Å². The molecule has 7 heteroatoms. The van der Waals surface area contributed by atoms with Crippen molar-refractivity contribution in [2.45, 2.75) is 6.92 Å². The number of aliphatic hydroxyl groups is 1. The number of anilines is 1. The minimum atomic E-state index is -3.46. The Bertz CT molecular complexity index is 549. The molecule has 1 unspecified atom stereocenters. The molecule has 1 rings (SSSR count). The summed E-state index contributed by atoms with van der Waals surface area (Å²) in [6.07, 6.45) is 5.24. The van der Waals surface area contributed by atoms with Gasteiger partial charge in [-0.3, -0.25) is 9.36 Å². The Kier molecular flexibility index (Phi) is 7.13. The second-order valence-corrected chi connectivity index (χ2v) is 5.94. The highest BCUT2D eigenvalue weighted by Crippen LogP contribution is 2.45. The van der Waals surface area contributed by atoms with Crippen LogP contribution in [0.4, 0.5) is 5.69 Å².